The van der Waals surface area contributed by atoms with Gasteiger partial charge in [-0.25, -0.2) is 4.79 Å². The van der Waals surface area contributed by atoms with Gasteiger partial charge in [0.2, 0.25) is 0 Å². The summed E-state index contributed by atoms with van der Waals surface area (Å²) in [4.78, 5) is 16.6. The highest BCUT2D eigenvalue weighted by Gasteiger charge is 2.10. The largest absolute Gasteiger partial charge is 0.456 e. The van der Waals surface area contributed by atoms with Crippen LogP contribution in [0, 0.1) is 6.92 Å². The number of hydrogen-bond acceptors (Lipinski definition) is 5. The standard InChI is InChI=1S/C12H12N2O2S/c1-8-4-9(13)2-3-11(8)12(15)16-6-10-5-14-7-17-10/h2-5,7H,6,13H2,1H3. The molecule has 0 fully saturated rings. The Morgan fingerprint density at radius 3 is 3.00 bits per heavy atom. The fourth-order valence-electron chi connectivity index (χ4n) is 1.44. The van der Waals surface area contributed by atoms with Gasteiger partial charge in [0, 0.05) is 11.9 Å². The Kier molecular flexibility index (Phi) is 3.39. The van der Waals surface area contributed by atoms with Crippen LogP contribution in [0.2, 0.25) is 0 Å². The minimum Gasteiger partial charge on any atom is -0.456 e. The third-order valence-corrected chi connectivity index (χ3v) is 3.05. The van der Waals surface area contributed by atoms with Gasteiger partial charge in [-0.2, -0.15) is 0 Å². The normalized spacial score (nSPS) is 10.2. The summed E-state index contributed by atoms with van der Waals surface area (Å²) in [5, 5.41) is 0. The lowest BCUT2D eigenvalue weighted by Crippen LogP contribution is -2.07. The molecular weight excluding hydrogens is 236 g/mol. The van der Waals surface area contributed by atoms with Gasteiger partial charge in [-0.3, -0.25) is 4.98 Å². The topological polar surface area (TPSA) is 65.2 Å². The number of nitrogens with zero attached hydrogens (tertiary/aromatic N) is 1. The van der Waals surface area contributed by atoms with Crippen molar-refractivity contribution < 1.29 is 9.53 Å². The molecule has 0 aliphatic rings. The molecule has 0 aliphatic heterocycles. The van der Waals surface area contributed by atoms with Crippen LogP contribution in [0.4, 0.5) is 5.69 Å². The predicted octanol–water partition coefficient (Wildman–Crippen LogP) is 2.39. The molecule has 5 heteroatoms. The Labute approximate surface area is 103 Å². The maximum atomic E-state index is 11.8. The van der Waals surface area contributed by atoms with Crippen LogP contribution in [0.1, 0.15) is 20.8 Å². The number of esters is 1. The lowest BCUT2D eigenvalue weighted by Gasteiger charge is -2.06. The number of nitrogen functional groups attached to an aromatic ring is 1. The Hall–Kier alpha value is -1.88. The molecule has 0 aliphatic carbocycles. The summed E-state index contributed by atoms with van der Waals surface area (Å²) >= 11 is 1.46. The molecular formula is C12H12N2O2S. The van der Waals surface area contributed by atoms with Crippen LogP contribution in [-0.4, -0.2) is 11.0 Å². The summed E-state index contributed by atoms with van der Waals surface area (Å²) in [6, 6.07) is 5.12. The Balaban J connectivity index is 2.04. The Morgan fingerprint density at radius 2 is 2.35 bits per heavy atom. The highest BCUT2D eigenvalue weighted by Crippen LogP contribution is 2.15. The lowest BCUT2D eigenvalue weighted by molar-refractivity contribution is 0.0476. The van der Waals surface area contributed by atoms with E-state index in [9.17, 15) is 4.79 Å². The van der Waals surface area contributed by atoms with E-state index in [0.717, 1.165) is 10.4 Å². The third kappa shape index (κ3) is 2.82. The van der Waals surface area contributed by atoms with Gasteiger partial charge in [-0.15, -0.1) is 11.3 Å². The molecule has 0 amide bonds. The van der Waals surface area contributed by atoms with Crippen molar-refractivity contribution in [2.45, 2.75) is 13.5 Å². The molecule has 0 spiro atoms. The number of carbonyl (C=O) groups is 1. The Morgan fingerprint density at radius 1 is 1.53 bits per heavy atom. The molecule has 0 saturated carbocycles. The average Bonchev–Trinajstić information content (AvgIpc) is 2.78. The van der Waals surface area contributed by atoms with Gasteiger partial charge in [0.25, 0.3) is 0 Å². The van der Waals surface area contributed by atoms with E-state index in [1.807, 2.05) is 6.92 Å². The number of aryl methyl sites for hydroxylation is 1. The van der Waals surface area contributed by atoms with E-state index in [2.05, 4.69) is 4.98 Å². The van der Waals surface area contributed by atoms with Gasteiger partial charge in [0.05, 0.1) is 16.0 Å². The zero-order valence-corrected chi connectivity index (χ0v) is 10.2. The van der Waals surface area contributed by atoms with E-state index in [1.165, 1.54) is 11.3 Å². The fraction of sp³-hybridized carbons (Fsp3) is 0.167. The van der Waals surface area contributed by atoms with Crippen molar-refractivity contribution in [1.29, 1.82) is 0 Å². The number of carbonyl (C=O) groups excluding carboxylic acids is 1. The molecule has 0 bridgehead atoms. The molecule has 88 valence electrons. The molecule has 1 aromatic heterocycles. The van der Waals surface area contributed by atoms with E-state index >= 15 is 0 Å². The highest BCUT2D eigenvalue weighted by molar-refractivity contribution is 7.09. The van der Waals surface area contributed by atoms with E-state index in [0.29, 0.717) is 11.3 Å². The number of ether oxygens (including phenoxy) is 1. The molecule has 0 atom stereocenters. The van der Waals surface area contributed by atoms with Crippen molar-refractivity contribution >= 4 is 23.0 Å². The number of benzene rings is 1. The minimum atomic E-state index is -0.337. The Bertz CT molecular complexity index is 523. The first kappa shape index (κ1) is 11.6. The second kappa shape index (κ2) is 4.97. The van der Waals surface area contributed by atoms with Crippen molar-refractivity contribution in [2.75, 3.05) is 5.73 Å². The zero-order valence-electron chi connectivity index (χ0n) is 9.34. The number of thiazole rings is 1. The first-order chi connectivity index (χ1) is 8.16. The predicted molar refractivity (Wildman–Crippen MR) is 66.8 cm³/mol. The van der Waals surface area contributed by atoms with Gasteiger partial charge in [-0.1, -0.05) is 0 Å². The van der Waals surface area contributed by atoms with Crippen molar-refractivity contribution in [3.63, 3.8) is 0 Å². The molecule has 4 nitrogen and oxygen atoms in total. The van der Waals surface area contributed by atoms with Crippen molar-refractivity contribution in [3.05, 3.63) is 45.9 Å². The number of rotatable bonds is 3. The van der Waals surface area contributed by atoms with Crippen LogP contribution in [0.3, 0.4) is 0 Å². The van der Waals surface area contributed by atoms with E-state index in [4.69, 9.17) is 10.5 Å². The van der Waals surface area contributed by atoms with Crippen LogP contribution in [-0.2, 0) is 11.3 Å². The summed E-state index contributed by atoms with van der Waals surface area (Å²) in [5.74, 6) is -0.337. The first-order valence-electron chi connectivity index (χ1n) is 5.07. The smallest absolute Gasteiger partial charge is 0.338 e. The van der Waals surface area contributed by atoms with Crippen molar-refractivity contribution in [1.82, 2.24) is 4.98 Å². The summed E-state index contributed by atoms with van der Waals surface area (Å²) in [7, 11) is 0. The summed E-state index contributed by atoms with van der Waals surface area (Å²) < 4.78 is 5.18. The van der Waals surface area contributed by atoms with E-state index in [-0.39, 0.29) is 12.6 Å². The molecule has 17 heavy (non-hydrogen) atoms. The molecule has 1 aromatic carbocycles. The third-order valence-electron chi connectivity index (χ3n) is 2.30. The van der Waals surface area contributed by atoms with Crippen LogP contribution >= 0.6 is 11.3 Å². The van der Waals surface area contributed by atoms with Gasteiger partial charge in [0.15, 0.2) is 0 Å². The minimum absolute atomic E-state index is 0.257. The number of aromatic nitrogens is 1. The van der Waals surface area contributed by atoms with Gasteiger partial charge in [0.1, 0.15) is 6.61 Å². The van der Waals surface area contributed by atoms with Crippen molar-refractivity contribution in [2.24, 2.45) is 0 Å². The number of hydrogen-bond donors (Lipinski definition) is 1. The number of nitrogens with two attached hydrogens (primary N) is 1. The van der Waals surface area contributed by atoms with Crippen molar-refractivity contribution in [3.8, 4) is 0 Å². The molecule has 2 aromatic rings. The molecule has 0 unspecified atom stereocenters. The van der Waals surface area contributed by atoms with E-state index < -0.39 is 0 Å². The number of anilines is 1. The van der Waals surface area contributed by atoms with Gasteiger partial charge >= 0.3 is 5.97 Å². The van der Waals surface area contributed by atoms with Crippen LogP contribution in [0.25, 0.3) is 0 Å². The zero-order chi connectivity index (χ0) is 12.3. The molecule has 0 radical (unpaired) electrons. The molecule has 0 saturated heterocycles. The molecule has 2 rings (SSSR count). The quantitative estimate of drug-likeness (QED) is 0.669. The molecule has 1 heterocycles. The maximum Gasteiger partial charge on any atom is 0.338 e. The second-order valence-electron chi connectivity index (χ2n) is 3.62. The van der Waals surface area contributed by atoms with Crippen LogP contribution < -0.4 is 5.73 Å². The highest BCUT2D eigenvalue weighted by atomic mass is 32.1. The van der Waals surface area contributed by atoms with E-state index in [1.54, 1.807) is 29.9 Å². The van der Waals surface area contributed by atoms with Crippen LogP contribution in [0.15, 0.2) is 29.9 Å². The lowest BCUT2D eigenvalue weighted by atomic mass is 10.1. The summed E-state index contributed by atoms with van der Waals surface area (Å²) in [6.45, 7) is 2.09. The summed E-state index contributed by atoms with van der Waals surface area (Å²) in [6.07, 6.45) is 1.69. The fourth-order valence-corrected chi connectivity index (χ4v) is 1.95. The average molecular weight is 248 g/mol. The molecule has 2 N–H and O–H groups in total. The first-order valence-corrected chi connectivity index (χ1v) is 5.95. The van der Waals surface area contributed by atoms with Gasteiger partial charge < -0.3 is 10.5 Å². The van der Waals surface area contributed by atoms with Gasteiger partial charge in [-0.05, 0) is 30.7 Å². The SMILES string of the molecule is Cc1cc(N)ccc1C(=O)OCc1cncs1. The maximum absolute atomic E-state index is 11.8. The summed E-state index contributed by atoms with van der Waals surface area (Å²) in [5.41, 5.74) is 9.33. The van der Waals surface area contributed by atoms with Crippen LogP contribution in [0.5, 0.6) is 0 Å². The second-order valence-corrected chi connectivity index (χ2v) is 4.59. The monoisotopic (exact) mass is 248 g/mol.